The number of hydrogen-bond acceptors (Lipinski definition) is 3. The van der Waals surface area contributed by atoms with Gasteiger partial charge in [-0.3, -0.25) is 4.79 Å². The molecule has 0 amide bonds. The number of carbonyl (C=O) groups is 1. The van der Waals surface area contributed by atoms with Gasteiger partial charge in [-0.25, -0.2) is 0 Å². The first-order valence-electron chi connectivity index (χ1n) is 6.98. The average molecular weight is 276 g/mol. The average Bonchev–Trinajstić information content (AvgIpc) is 2.49. The van der Waals surface area contributed by atoms with Crippen LogP contribution in [-0.2, 0) is 14.3 Å². The van der Waals surface area contributed by atoms with Crippen molar-refractivity contribution in [2.45, 2.75) is 52.4 Å². The van der Waals surface area contributed by atoms with Gasteiger partial charge in [0.05, 0.1) is 6.61 Å². The lowest BCUT2D eigenvalue weighted by atomic mass is 9.64. The fourth-order valence-corrected chi connectivity index (χ4v) is 3.61. The third-order valence-electron chi connectivity index (χ3n) is 4.80. The largest absolute Gasteiger partial charge is 0.349 e. The zero-order valence-corrected chi connectivity index (χ0v) is 13.1. The molecule has 0 N–H and O–H groups in total. The molecule has 0 radical (unpaired) electrons. The molecule has 0 aromatic carbocycles. The molecule has 1 saturated heterocycles. The minimum atomic E-state index is -0.828. The maximum absolute atomic E-state index is 12.9. The monoisotopic (exact) mass is 276 g/mol. The summed E-state index contributed by atoms with van der Waals surface area (Å²) in [6.07, 6.45) is 2.38. The van der Waals surface area contributed by atoms with Gasteiger partial charge in [-0.15, -0.1) is 6.58 Å². The predicted octanol–water partition coefficient (Wildman–Crippen LogP) is 3.57. The number of carbonyl (C=O) groups excluding carboxylic acids is 1. The molecule has 0 bridgehead atoms. The van der Waals surface area contributed by atoms with Gasteiger partial charge in [0, 0.05) is 0 Å². The van der Waals surface area contributed by atoms with Gasteiger partial charge in [0.15, 0.2) is 11.6 Å². The Morgan fingerprint density at radius 3 is 2.50 bits per heavy atom. The summed E-state index contributed by atoms with van der Waals surface area (Å²) in [5.41, 5.74) is 0.975. The van der Waals surface area contributed by atoms with E-state index in [-0.39, 0.29) is 5.78 Å². The molecular weight excluding hydrogens is 252 g/mol. The van der Waals surface area contributed by atoms with Crippen molar-refractivity contribution in [2.75, 3.05) is 6.61 Å². The van der Waals surface area contributed by atoms with E-state index in [0.717, 1.165) is 16.7 Å². The smallest absolute Gasteiger partial charge is 0.174 e. The van der Waals surface area contributed by atoms with Gasteiger partial charge in [0.1, 0.15) is 11.0 Å². The van der Waals surface area contributed by atoms with Gasteiger partial charge >= 0.3 is 0 Å². The van der Waals surface area contributed by atoms with Crippen LogP contribution in [-0.4, -0.2) is 23.8 Å². The Labute approximate surface area is 121 Å². The highest BCUT2D eigenvalue weighted by Gasteiger charge is 2.67. The molecule has 0 saturated carbocycles. The number of Topliss-reactive ketones (excluding diaryl/α,β-unsaturated/α-hetero) is 1. The first kappa shape index (κ1) is 15.2. The highest BCUT2D eigenvalue weighted by atomic mass is 16.7. The van der Waals surface area contributed by atoms with E-state index in [4.69, 9.17) is 9.47 Å². The van der Waals surface area contributed by atoms with Crippen molar-refractivity contribution in [1.29, 1.82) is 0 Å². The molecule has 0 aromatic heterocycles. The van der Waals surface area contributed by atoms with Gasteiger partial charge in [-0.2, -0.15) is 0 Å². The van der Waals surface area contributed by atoms with E-state index >= 15 is 0 Å². The van der Waals surface area contributed by atoms with Crippen molar-refractivity contribution >= 4 is 5.78 Å². The fourth-order valence-electron chi connectivity index (χ4n) is 3.61. The summed E-state index contributed by atoms with van der Waals surface area (Å²) >= 11 is 0. The number of allylic oxidation sites excluding steroid dienone is 1. The summed E-state index contributed by atoms with van der Waals surface area (Å²) in [5, 5.41) is 0. The first-order valence-corrected chi connectivity index (χ1v) is 6.98. The van der Waals surface area contributed by atoms with Crippen LogP contribution in [0, 0.1) is 5.41 Å². The van der Waals surface area contributed by atoms with Crippen molar-refractivity contribution in [3.05, 3.63) is 36.0 Å². The molecule has 1 heterocycles. The second-order valence-corrected chi connectivity index (χ2v) is 6.38. The zero-order valence-electron chi connectivity index (χ0n) is 13.1. The molecule has 0 aromatic rings. The fraction of sp³-hybridized carbons (Fsp3) is 0.588. The predicted molar refractivity (Wildman–Crippen MR) is 79.3 cm³/mol. The summed E-state index contributed by atoms with van der Waals surface area (Å²) in [5.74, 6) is -0.659. The number of rotatable bonds is 3. The lowest BCUT2D eigenvalue weighted by Gasteiger charge is -2.54. The van der Waals surface area contributed by atoms with Crippen LogP contribution in [0.3, 0.4) is 0 Å². The van der Waals surface area contributed by atoms with Crippen molar-refractivity contribution in [2.24, 2.45) is 5.41 Å². The molecule has 0 unspecified atom stereocenters. The van der Waals surface area contributed by atoms with Crippen LogP contribution in [0.25, 0.3) is 0 Å². The van der Waals surface area contributed by atoms with E-state index in [9.17, 15) is 4.79 Å². The van der Waals surface area contributed by atoms with Crippen molar-refractivity contribution in [3.63, 3.8) is 0 Å². The third-order valence-corrected chi connectivity index (χ3v) is 4.80. The number of fused-ring (bicyclic) bond motifs is 1. The molecule has 2 rings (SSSR count). The van der Waals surface area contributed by atoms with Crippen LogP contribution < -0.4 is 0 Å². The van der Waals surface area contributed by atoms with Gasteiger partial charge < -0.3 is 9.47 Å². The third kappa shape index (κ3) is 1.63. The second-order valence-electron chi connectivity index (χ2n) is 6.38. The van der Waals surface area contributed by atoms with Crippen LogP contribution in [0.5, 0.6) is 0 Å². The molecule has 3 nitrogen and oxygen atoms in total. The minimum Gasteiger partial charge on any atom is -0.349 e. The second kappa shape index (κ2) is 4.40. The Morgan fingerprint density at radius 2 is 2.00 bits per heavy atom. The van der Waals surface area contributed by atoms with E-state index in [1.165, 1.54) is 0 Å². The van der Waals surface area contributed by atoms with E-state index < -0.39 is 16.8 Å². The highest BCUT2D eigenvalue weighted by molar-refractivity contribution is 6.07. The van der Waals surface area contributed by atoms with E-state index in [1.54, 1.807) is 0 Å². The summed E-state index contributed by atoms with van der Waals surface area (Å²) in [7, 11) is 0. The minimum absolute atomic E-state index is 0.0693. The Bertz CT molecular complexity index is 526. The van der Waals surface area contributed by atoms with Crippen LogP contribution in [0.1, 0.15) is 41.0 Å². The number of hydrogen-bond donors (Lipinski definition) is 0. The van der Waals surface area contributed by atoms with Crippen molar-refractivity contribution in [1.82, 2.24) is 0 Å². The maximum Gasteiger partial charge on any atom is 0.174 e. The topological polar surface area (TPSA) is 35.5 Å². The van der Waals surface area contributed by atoms with Crippen LogP contribution in [0.15, 0.2) is 36.0 Å². The Kier molecular flexibility index (Phi) is 3.35. The van der Waals surface area contributed by atoms with Crippen LogP contribution in [0.4, 0.5) is 0 Å². The van der Waals surface area contributed by atoms with Crippen molar-refractivity contribution < 1.29 is 14.3 Å². The van der Waals surface area contributed by atoms with E-state index in [1.807, 2.05) is 40.7 Å². The molecule has 1 aliphatic carbocycles. The summed E-state index contributed by atoms with van der Waals surface area (Å²) in [6, 6.07) is 0. The molecule has 1 aliphatic heterocycles. The first-order chi connectivity index (χ1) is 9.14. The molecule has 3 heteroatoms. The van der Waals surface area contributed by atoms with E-state index in [0.29, 0.717) is 13.0 Å². The van der Waals surface area contributed by atoms with Crippen molar-refractivity contribution in [3.8, 4) is 0 Å². The Morgan fingerprint density at radius 1 is 1.40 bits per heavy atom. The normalized spacial score (nSPS) is 36.0. The summed E-state index contributed by atoms with van der Waals surface area (Å²) in [4.78, 5) is 12.9. The van der Waals surface area contributed by atoms with Gasteiger partial charge in [0.25, 0.3) is 0 Å². The molecular formula is C17H24O3. The quantitative estimate of drug-likeness (QED) is 0.739. The SMILES string of the molecule is C=CC[C@@]12OC(C)(C)OC[C@]1(C(=C)C)C(=O)C(C)=C2C. The molecule has 2 atom stereocenters. The summed E-state index contributed by atoms with van der Waals surface area (Å²) < 4.78 is 12.1. The lowest BCUT2D eigenvalue weighted by molar-refractivity contribution is -0.328. The molecule has 110 valence electrons. The van der Waals surface area contributed by atoms with Gasteiger partial charge in [0.2, 0.25) is 0 Å². The Balaban J connectivity index is 2.73. The van der Waals surface area contributed by atoms with Gasteiger partial charge in [-0.1, -0.05) is 18.2 Å². The lowest BCUT2D eigenvalue weighted by Crippen LogP contribution is -2.63. The molecule has 2 aliphatic rings. The maximum atomic E-state index is 12.9. The van der Waals surface area contributed by atoms with Gasteiger partial charge in [-0.05, 0) is 52.2 Å². The highest BCUT2D eigenvalue weighted by Crippen LogP contribution is 2.59. The molecule has 20 heavy (non-hydrogen) atoms. The van der Waals surface area contributed by atoms with Crippen LogP contribution in [0.2, 0.25) is 0 Å². The molecule has 1 fully saturated rings. The summed E-state index contributed by atoms with van der Waals surface area (Å²) in [6.45, 7) is 17.7. The van der Waals surface area contributed by atoms with Crippen LogP contribution >= 0.6 is 0 Å². The number of ether oxygens (including phenoxy) is 2. The Hall–Kier alpha value is -1.19. The zero-order chi connectivity index (χ0) is 15.3. The number of ketones is 1. The molecule has 0 spiro atoms. The van der Waals surface area contributed by atoms with E-state index in [2.05, 4.69) is 13.2 Å². The standard InChI is InChI=1S/C17H24O3/c1-8-9-17-13(5)12(4)14(18)16(17,11(2)3)10-19-15(6,7)20-17/h8H,1-2,9-10H2,3-7H3/t16-,17-/m0/s1.